The molecule has 0 fully saturated rings. The predicted molar refractivity (Wildman–Crippen MR) is 55.0 cm³/mol. The van der Waals surface area contributed by atoms with Crippen LogP contribution in [0.2, 0.25) is 0 Å². The number of ether oxygens (including phenoxy) is 1. The average molecular weight is 225 g/mol. The highest BCUT2D eigenvalue weighted by molar-refractivity contribution is 7.87. The summed E-state index contributed by atoms with van der Waals surface area (Å²) in [5.41, 5.74) is 5.35. The molecule has 0 radical (unpaired) electrons. The van der Waals surface area contributed by atoms with Crippen LogP contribution < -0.4 is 15.2 Å². The van der Waals surface area contributed by atoms with Gasteiger partial charge in [-0.05, 0) is 12.5 Å². The van der Waals surface area contributed by atoms with Gasteiger partial charge < -0.3 is 10.5 Å². The van der Waals surface area contributed by atoms with Crippen LogP contribution in [0.1, 0.15) is 6.92 Å². The molecule has 0 spiro atoms. The quantitative estimate of drug-likeness (QED) is 0.445. The maximum absolute atomic E-state index is 11.2. The summed E-state index contributed by atoms with van der Waals surface area (Å²) >= 11 is 0. The first kappa shape index (κ1) is 13.8. The topological polar surface area (TPSA) is 93.4 Å². The second-order valence-corrected chi connectivity index (χ2v) is 4.66. The van der Waals surface area contributed by atoms with Crippen molar-refractivity contribution in [2.24, 2.45) is 11.7 Å². The molecular formula is C7H19N3O3S. The zero-order chi connectivity index (χ0) is 11.0. The Morgan fingerprint density at radius 1 is 1.43 bits per heavy atom. The molecule has 0 rings (SSSR count). The Bertz CT molecular complexity index is 230. The minimum absolute atomic E-state index is 0.133. The summed E-state index contributed by atoms with van der Waals surface area (Å²) in [6.07, 6.45) is 0. The average Bonchev–Trinajstić information content (AvgIpc) is 2.14. The summed E-state index contributed by atoms with van der Waals surface area (Å²) < 4.78 is 31.9. The van der Waals surface area contributed by atoms with Crippen molar-refractivity contribution in [1.82, 2.24) is 9.44 Å². The summed E-state index contributed by atoms with van der Waals surface area (Å²) in [4.78, 5) is 0. The van der Waals surface area contributed by atoms with Gasteiger partial charge in [-0.2, -0.15) is 13.1 Å². The summed E-state index contributed by atoms with van der Waals surface area (Å²) in [7, 11) is -1.88. The molecule has 0 aliphatic heterocycles. The van der Waals surface area contributed by atoms with Crippen LogP contribution in [-0.2, 0) is 14.9 Å². The molecule has 14 heavy (non-hydrogen) atoms. The van der Waals surface area contributed by atoms with Crippen LogP contribution in [0.15, 0.2) is 0 Å². The molecule has 0 saturated heterocycles. The maximum atomic E-state index is 11.2. The minimum Gasteiger partial charge on any atom is -0.383 e. The number of nitrogens with two attached hydrogens (primary N) is 1. The van der Waals surface area contributed by atoms with Crippen molar-refractivity contribution in [1.29, 1.82) is 0 Å². The van der Waals surface area contributed by atoms with Gasteiger partial charge in [0.25, 0.3) is 10.2 Å². The largest absolute Gasteiger partial charge is 0.383 e. The molecule has 0 aliphatic carbocycles. The van der Waals surface area contributed by atoms with E-state index in [4.69, 9.17) is 10.5 Å². The third kappa shape index (κ3) is 7.22. The molecule has 1 unspecified atom stereocenters. The summed E-state index contributed by atoms with van der Waals surface area (Å²) in [6.45, 7) is 3.30. The lowest BCUT2D eigenvalue weighted by molar-refractivity contribution is 0.204. The first-order valence-electron chi connectivity index (χ1n) is 4.45. The molecule has 0 aromatic heterocycles. The van der Waals surface area contributed by atoms with Gasteiger partial charge in [0.2, 0.25) is 0 Å². The molecule has 86 valence electrons. The normalized spacial score (nSPS) is 14.2. The monoisotopic (exact) mass is 225 g/mol. The van der Waals surface area contributed by atoms with Crippen molar-refractivity contribution in [2.75, 3.05) is 33.4 Å². The Morgan fingerprint density at radius 3 is 2.57 bits per heavy atom. The van der Waals surface area contributed by atoms with E-state index in [1.807, 2.05) is 6.92 Å². The third-order valence-electron chi connectivity index (χ3n) is 1.62. The molecule has 0 bridgehead atoms. The van der Waals surface area contributed by atoms with Crippen LogP contribution in [-0.4, -0.2) is 41.8 Å². The molecule has 1 atom stereocenters. The van der Waals surface area contributed by atoms with E-state index in [9.17, 15) is 8.42 Å². The Labute approximate surface area is 85.4 Å². The summed E-state index contributed by atoms with van der Waals surface area (Å²) in [6, 6.07) is 0. The molecular weight excluding hydrogens is 206 g/mol. The van der Waals surface area contributed by atoms with E-state index >= 15 is 0 Å². The van der Waals surface area contributed by atoms with Crippen LogP contribution in [0, 0.1) is 5.92 Å². The fourth-order valence-electron chi connectivity index (χ4n) is 0.664. The van der Waals surface area contributed by atoms with Gasteiger partial charge in [0.15, 0.2) is 0 Å². The van der Waals surface area contributed by atoms with Crippen molar-refractivity contribution in [3.05, 3.63) is 0 Å². The van der Waals surface area contributed by atoms with Crippen LogP contribution in [0.5, 0.6) is 0 Å². The molecule has 0 saturated carbocycles. The lowest BCUT2D eigenvalue weighted by Gasteiger charge is -2.11. The molecule has 0 aromatic carbocycles. The fourth-order valence-corrected chi connectivity index (χ4v) is 1.62. The van der Waals surface area contributed by atoms with Gasteiger partial charge in [-0.15, -0.1) is 0 Å². The number of hydrogen-bond acceptors (Lipinski definition) is 4. The van der Waals surface area contributed by atoms with E-state index < -0.39 is 10.2 Å². The van der Waals surface area contributed by atoms with Crippen molar-refractivity contribution in [2.45, 2.75) is 6.92 Å². The zero-order valence-electron chi connectivity index (χ0n) is 8.62. The second kappa shape index (κ2) is 7.13. The van der Waals surface area contributed by atoms with Crippen LogP contribution in [0.25, 0.3) is 0 Å². The molecule has 4 N–H and O–H groups in total. The molecule has 0 aromatic rings. The van der Waals surface area contributed by atoms with Crippen molar-refractivity contribution in [3.63, 3.8) is 0 Å². The predicted octanol–water partition coefficient (Wildman–Crippen LogP) is -1.35. The number of hydrogen-bond donors (Lipinski definition) is 3. The van der Waals surface area contributed by atoms with E-state index in [2.05, 4.69) is 9.44 Å². The molecule has 0 amide bonds. The van der Waals surface area contributed by atoms with Crippen molar-refractivity contribution >= 4 is 10.2 Å². The van der Waals surface area contributed by atoms with E-state index in [0.29, 0.717) is 19.7 Å². The maximum Gasteiger partial charge on any atom is 0.276 e. The minimum atomic E-state index is -3.39. The SMILES string of the molecule is COCCNS(=O)(=O)NCC(C)CN. The smallest absolute Gasteiger partial charge is 0.276 e. The van der Waals surface area contributed by atoms with Gasteiger partial charge in [-0.3, -0.25) is 0 Å². The van der Waals surface area contributed by atoms with Crippen LogP contribution in [0.4, 0.5) is 0 Å². The van der Waals surface area contributed by atoms with Gasteiger partial charge in [0.05, 0.1) is 6.61 Å². The van der Waals surface area contributed by atoms with E-state index in [1.165, 1.54) is 7.11 Å². The van der Waals surface area contributed by atoms with Crippen molar-refractivity contribution < 1.29 is 13.2 Å². The van der Waals surface area contributed by atoms with Gasteiger partial charge in [0.1, 0.15) is 0 Å². The summed E-state index contributed by atoms with van der Waals surface area (Å²) in [5, 5.41) is 0. The third-order valence-corrected chi connectivity index (χ3v) is 2.75. The Balaban J connectivity index is 3.73. The van der Waals surface area contributed by atoms with Gasteiger partial charge in [0, 0.05) is 20.2 Å². The highest BCUT2D eigenvalue weighted by atomic mass is 32.2. The lowest BCUT2D eigenvalue weighted by Crippen LogP contribution is -2.41. The first-order valence-corrected chi connectivity index (χ1v) is 5.93. The van der Waals surface area contributed by atoms with E-state index in [0.717, 1.165) is 0 Å². The van der Waals surface area contributed by atoms with E-state index in [-0.39, 0.29) is 12.5 Å². The number of rotatable bonds is 8. The van der Waals surface area contributed by atoms with Gasteiger partial charge >= 0.3 is 0 Å². The van der Waals surface area contributed by atoms with Gasteiger partial charge in [-0.1, -0.05) is 6.92 Å². The first-order chi connectivity index (χ1) is 6.52. The Morgan fingerprint density at radius 2 is 2.07 bits per heavy atom. The van der Waals surface area contributed by atoms with Gasteiger partial charge in [-0.25, -0.2) is 4.72 Å². The highest BCUT2D eigenvalue weighted by Gasteiger charge is 2.09. The Hall–Kier alpha value is -0.210. The standard InChI is InChI=1S/C7H19N3O3S/c1-7(5-8)6-10-14(11,12)9-3-4-13-2/h7,9-10H,3-6,8H2,1-2H3. The number of methoxy groups -OCH3 is 1. The molecule has 0 aliphatic rings. The molecule has 6 nitrogen and oxygen atoms in total. The lowest BCUT2D eigenvalue weighted by atomic mass is 10.2. The van der Waals surface area contributed by atoms with Crippen LogP contribution in [0.3, 0.4) is 0 Å². The summed E-state index contributed by atoms with van der Waals surface area (Å²) in [5.74, 6) is 0.133. The molecule has 0 heterocycles. The highest BCUT2D eigenvalue weighted by Crippen LogP contribution is 1.88. The zero-order valence-corrected chi connectivity index (χ0v) is 9.43. The fraction of sp³-hybridized carbons (Fsp3) is 1.00. The second-order valence-electron chi connectivity index (χ2n) is 3.08. The van der Waals surface area contributed by atoms with Crippen molar-refractivity contribution in [3.8, 4) is 0 Å². The number of nitrogens with one attached hydrogen (secondary N) is 2. The molecule has 7 heteroatoms. The van der Waals surface area contributed by atoms with Crippen LogP contribution >= 0.6 is 0 Å². The van der Waals surface area contributed by atoms with E-state index in [1.54, 1.807) is 0 Å². The Kier molecular flexibility index (Phi) is 7.02.